The van der Waals surface area contributed by atoms with Crippen molar-refractivity contribution in [3.8, 4) is 0 Å². The van der Waals surface area contributed by atoms with Crippen LogP contribution in [0.25, 0.3) is 0 Å². The highest BCUT2D eigenvalue weighted by Crippen LogP contribution is 2.10. The van der Waals surface area contributed by atoms with Gasteiger partial charge in [-0.15, -0.1) is 0 Å². The molecule has 3 N–H and O–H groups in total. The van der Waals surface area contributed by atoms with Gasteiger partial charge in [0.2, 0.25) is 0 Å². The predicted molar refractivity (Wildman–Crippen MR) is 73.6 cm³/mol. The molecule has 0 spiro atoms. The molecule has 5 nitrogen and oxygen atoms in total. The lowest BCUT2D eigenvalue weighted by atomic mass is 10.1. The number of aromatic nitrogens is 2. The van der Waals surface area contributed by atoms with Gasteiger partial charge in [0.25, 0.3) is 5.91 Å². The van der Waals surface area contributed by atoms with Gasteiger partial charge in [0.1, 0.15) is 17.3 Å². The zero-order chi connectivity index (χ0) is 14.5. The van der Waals surface area contributed by atoms with Crippen LogP contribution < -0.4 is 11.1 Å². The minimum absolute atomic E-state index is 0.218. The van der Waals surface area contributed by atoms with Crippen LogP contribution in [0.3, 0.4) is 0 Å². The fourth-order valence-electron chi connectivity index (χ4n) is 1.80. The molecule has 6 heteroatoms. The number of aryl methyl sites for hydroxylation is 1. The Labute approximate surface area is 116 Å². The third-order valence-electron chi connectivity index (χ3n) is 2.89. The van der Waals surface area contributed by atoms with Crippen molar-refractivity contribution < 1.29 is 9.18 Å². The first kappa shape index (κ1) is 13.9. The number of benzene rings is 1. The molecule has 0 saturated heterocycles. The van der Waals surface area contributed by atoms with Gasteiger partial charge in [-0.2, -0.15) is 0 Å². The smallest absolute Gasteiger partial charge is 0.271 e. The molecule has 104 valence electrons. The first-order chi connectivity index (χ1) is 9.56. The summed E-state index contributed by atoms with van der Waals surface area (Å²) < 4.78 is 13.0. The predicted octanol–water partition coefficient (Wildman–Crippen LogP) is 1.48. The number of nitrogens with zero attached hydrogens (tertiary/aromatic N) is 2. The van der Waals surface area contributed by atoms with Gasteiger partial charge >= 0.3 is 0 Å². The second-order valence-corrected chi connectivity index (χ2v) is 4.40. The van der Waals surface area contributed by atoms with Crippen LogP contribution in [0.5, 0.6) is 0 Å². The van der Waals surface area contributed by atoms with E-state index >= 15 is 0 Å². The zero-order valence-electron chi connectivity index (χ0n) is 11.1. The van der Waals surface area contributed by atoms with E-state index in [2.05, 4.69) is 15.3 Å². The summed E-state index contributed by atoms with van der Waals surface area (Å²) in [5, 5.41) is 2.73. The fourth-order valence-corrected chi connectivity index (χ4v) is 1.80. The van der Waals surface area contributed by atoms with E-state index in [9.17, 15) is 9.18 Å². The molecule has 0 aliphatic carbocycles. The molecule has 0 aliphatic rings. The van der Waals surface area contributed by atoms with Crippen molar-refractivity contribution in [2.24, 2.45) is 0 Å². The van der Waals surface area contributed by atoms with Crippen LogP contribution in [-0.4, -0.2) is 22.4 Å². The molecule has 1 heterocycles. The number of halogens is 1. The van der Waals surface area contributed by atoms with Crippen molar-refractivity contribution in [1.29, 1.82) is 0 Å². The topological polar surface area (TPSA) is 80.9 Å². The number of hydrogen-bond donors (Lipinski definition) is 2. The summed E-state index contributed by atoms with van der Waals surface area (Å²) in [6, 6.07) is 4.61. The van der Waals surface area contributed by atoms with E-state index in [4.69, 9.17) is 5.73 Å². The van der Waals surface area contributed by atoms with Crippen molar-refractivity contribution in [2.45, 2.75) is 13.3 Å². The maximum absolute atomic E-state index is 13.0. The highest BCUT2D eigenvalue weighted by atomic mass is 19.1. The van der Waals surface area contributed by atoms with Crippen LogP contribution in [-0.2, 0) is 6.42 Å². The Morgan fingerprint density at radius 2 is 2.15 bits per heavy atom. The van der Waals surface area contributed by atoms with E-state index in [0.29, 0.717) is 13.0 Å². The third kappa shape index (κ3) is 3.50. The van der Waals surface area contributed by atoms with Gasteiger partial charge in [-0.05, 0) is 36.6 Å². The van der Waals surface area contributed by atoms with E-state index < -0.39 is 0 Å². The number of carbonyl (C=O) groups excluding carboxylic acids is 1. The van der Waals surface area contributed by atoms with Gasteiger partial charge in [-0.1, -0.05) is 6.07 Å². The zero-order valence-corrected chi connectivity index (χ0v) is 11.1. The van der Waals surface area contributed by atoms with E-state index in [1.807, 2.05) is 6.92 Å². The number of nitrogen functional groups attached to an aromatic ring is 1. The first-order valence-electron chi connectivity index (χ1n) is 6.17. The molecule has 0 fully saturated rings. The van der Waals surface area contributed by atoms with Gasteiger partial charge in [0.05, 0.1) is 12.4 Å². The maximum Gasteiger partial charge on any atom is 0.271 e. The second kappa shape index (κ2) is 6.10. The van der Waals surface area contributed by atoms with Crippen LogP contribution in [0.1, 0.15) is 21.6 Å². The third-order valence-corrected chi connectivity index (χ3v) is 2.89. The lowest BCUT2D eigenvalue weighted by Crippen LogP contribution is -2.26. The normalized spacial score (nSPS) is 10.3. The average Bonchev–Trinajstić information content (AvgIpc) is 2.42. The lowest BCUT2D eigenvalue weighted by molar-refractivity contribution is 0.0949. The van der Waals surface area contributed by atoms with Gasteiger partial charge in [-0.25, -0.2) is 14.4 Å². The summed E-state index contributed by atoms with van der Waals surface area (Å²) in [5.41, 5.74) is 7.48. The van der Waals surface area contributed by atoms with Crippen molar-refractivity contribution in [3.63, 3.8) is 0 Å². The van der Waals surface area contributed by atoms with Crippen molar-refractivity contribution in [2.75, 3.05) is 12.3 Å². The van der Waals surface area contributed by atoms with Crippen LogP contribution in [0, 0.1) is 12.7 Å². The molecule has 0 radical (unpaired) electrons. The van der Waals surface area contributed by atoms with E-state index in [-0.39, 0.29) is 23.2 Å². The van der Waals surface area contributed by atoms with Crippen LogP contribution in [0.2, 0.25) is 0 Å². The summed E-state index contributed by atoms with van der Waals surface area (Å²) in [5.74, 6) is -0.298. The van der Waals surface area contributed by atoms with Gasteiger partial charge in [-0.3, -0.25) is 4.79 Å². The Balaban J connectivity index is 1.89. The number of amides is 1. The molecule has 20 heavy (non-hydrogen) atoms. The van der Waals surface area contributed by atoms with Crippen LogP contribution >= 0.6 is 0 Å². The maximum atomic E-state index is 13.0. The molecule has 2 rings (SSSR count). The van der Waals surface area contributed by atoms with Gasteiger partial charge in [0.15, 0.2) is 0 Å². The standard InChI is InChI=1S/C14H15FN4O/c1-9-6-11(15)3-2-10(9)4-5-17-14(20)12-7-19-13(16)8-18-12/h2-3,6-8H,4-5H2,1H3,(H2,16,19)(H,17,20). The molecule has 0 bridgehead atoms. The quantitative estimate of drug-likeness (QED) is 0.885. The summed E-state index contributed by atoms with van der Waals surface area (Å²) in [7, 11) is 0. The number of nitrogens with one attached hydrogen (secondary N) is 1. The molecular formula is C14H15FN4O. The Morgan fingerprint density at radius 1 is 1.35 bits per heavy atom. The van der Waals surface area contributed by atoms with Crippen LogP contribution in [0.15, 0.2) is 30.6 Å². The molecular weight excluding hydrogens is 259 g/mol. The SMILES string of the molecule is Cc1cc(F)ccc1CCNC(=O)c1cnc(N)cn1. The fraction of sp³-hybridized carbons (Fsp3) is 0.214. The average molecular weight is 274 g/mol. The summed E-state index contributed by atoms with van der Waals surface area (Å²) in [6.07, 6.45) is 3.28. The minimum atomic E-state index is -0.308. The number of nitrogens with two attached hydrogens (primary N) is 1. The molecule has 0 aliphatic heterocycles. The van der Waals surface area contributed by atoms with Crippen molar-refractivity contribution >= 4 is 11.7 Å². The Kier molecular flexibility index (Phi) is 4.24. The van der Waals surface area contributed by atoms with Crippen molar-refractivity contribution in [3.05, 3.63) is 53.2 Å². The number of hydrogen-bond acceptors (Lipinski definition) is 4. The van der Waals surface area contributed by atoms with E-state index in [0.717, 1.165) is 11.1 Å². The number of anilines is 1. The first-order valence-corrected chi connectivity index (χ1v) is 6.17. The molecule has 1 aromatic heterocycles. The summed E-state index contributed by atoms with van der Waals surface area (Å²) >= 11 is 0. The molecule has 1 aromatic carbocycles. The Hall–Kier alpha value is -2.50. The summed E-state index contributed by atoms with van der Waals surface area (Å²) in [4.78, 5) is 19.5. The molecule has 1 amide bonds. The van der Waals surface area contributed by atoms with E-state index in [1.165, 1.54) is 24.5 Å². The monoisotopic (exact) mass is 274 g/mol. The van der Waals surface area contributed by atoms with Gasteiger partial charge in [0, 0.05) is 6.54 Å². The van der Waals surface area contributed by atoms with E-state index in [1.54, 1.807) is 6.07 Å². The lowest BCUT2D eigenvalue weighted by Gasteiger charge is -2.07. The molecule has 0 saturated carbocycles. The second-order valence-electron chi connectivity index (χ2n) is 4.40. The van der Waals surface area contributed by atoms with Gasteiger partial charge < -0.3 is 11.1 Å². The Morgan fingerprint density at radius 3 is 2.80 bits per heavy atom. The van der Waals surface area contributed by atoms with Crippen LogP contribution in [0.4, 0.5) is 10.2 Å². The summed E-state index contributed by atoms with van der Waals surface area (Å²) in [6.45, 7) is 2.28. The van der Waals surface area contributed by atoms with Crippen molar-refractivity contribution in [1.82, 2.24) is 15.3 Å². The number of rotatable bonds is 4. The molecule has 0 unspecified atom stereocenters. The molecule has 0 atom stereocenters. The highest BCUT2D eigenvalue weighted by Gasteiger charge is 2.07. The highest BCUT2D eigenvalue weighted by molar-refractivity contribution is 5.91. The molecule has 2 aromatic rings. The Bertz CT molecular complexity index is 613. The largest absolute Gasteiger partial charge is 0.382 e. The number of carbonyl (C=O) groups is 1. The minimum Gasteiger partial charge on any atom is -0.382 e.